The summed E-state index contributed by atoms with van der Waals surface area (Å²) in [6.07, 6.45) is 0. The fourth-order valence-corrected chi connectivity index (χ4v) is 1.78. The van der Waals surface area contributed by atoms with Crippen LogP contribution in [0.3, 0.4) is 0 Å². The summed E-state index contributed by atoms with van der Waals surface area (Å²) in [6, 6.07) is 9.35. The van der Waals surface area contributed by atoms with Crippen LogP contribution >= 0.6 is 11.3 Å². The summed E-state index contributed by atoms with van der Waals surface area (Å²) in [6.45, 7) is 1.88. The van der Waals surface area contributed by atoms with E-state index in [1.807, 2.05) is 37.3 Å². The van der Waals surface area contributed by atoms with Crippen molar-refractivity contribution in [1.82, 2.24) is 4.98 Å². The van der Waals surface area contributed by atoms with Gasteiger partial charge in [-0.1, -0.05) is 18.2 Å². The third-order valence-electron chi connectivity index (χ3n) is 1.88. The third kappa shape index (κ3) is 2.41. The smallest absolute Gasteiger partial charge is 0.275 e. The Hall–Kier alpha value is -1.68. The summed E-state index contributed by atoms with van der Waals surface area (Å²) >= 11 is 1.47. The van der Waals surface area contributed by atoms with Crippen molar-refractivity contribution < 1.29 is 4.79 Å². The molecule has 1 heterocycles. The zero-order valence-electron chi connectivity index (χ0n) is 8.23. The van der Waals surface area contributed by atoms with E-state index in [1.165, 1.54) is 11.3 Å². The second kappa shape index (κ2) is 4.23. The first-order valence-electron chi connectivity index (χ1n) is 4.54. The van der Waals surface area contributed by atoms with Gasteiger partial charge in [0.15, 0.2) is 0 Å². The van der Waals surface area contributed by atoms with Crippen LogP contribution in [0.1, 0.15) is 15.5 Å². The molecule has 0 aliphatic rings. The highest BCUT2D eigenvalue weighted by atomic mass is 32.1. The van der Waals surface area contributed by atoms with Gasteiger partial charge in [0.25, 0.3) is 5.91 Å². The molecular formula is C11H10N2OS. The van der Waals surface area contributed by atoms with Crippen molar-refractivity contribution in [3.05, 3.63) is 46.4 Å². The molecule has 0 bridgehead atoms. The molecule has 0 aliphatic heterocycles. The van der Waals surface area contributed by atoms with Crippen molar-refractivity contribution in [2.45, 2.75) is 6.92 Å². The van der Waals surface area contributed by atoms with Crippen molar-refractivity contribution in [1.29, 1.82) is 0 Å². The van der Waals surface area contributed by atoms with Crippen molar-refractivity contribution in [2.75, 3.05) is 5.32 Å². The molecule has 1 N–H and O–H groups in total. The summed E-state index contributed by atoms with van der Waals surface area (Å²) in [5.41, 5.74) is 1.26. The molecule has 0 aliphatic carbocycles. The number of thiazole rings is 1. The van der Waals surface area contributed by atoms with Crippen LogP contribution in [0.2, 0.25) is 0 Å². The lowest BCUT2D eigenvalue weighted by molar-refractivity contribution is 0.102. The van der Waals surface area contributed by atoms with E-state index in [4.69, 9.17) is 0 Å². The second-order valence-corrected chi connectivity index (χ2v) is 4.13. The summed E-state index contributed by atoms with van der Waals surface area (Å²) in [7, 11) is 0. The normalized spacial score (nSPS) is 9.93. The predicted molar refractivity (Wildman–Crippen MR) is 61.2 cm³/mol. The van der Waals surface area contributed by atoms with Crippen LogP contribution in [0.25, 0.3) is 0 Å². The monoisotopic (exact) mass is 218 g/mol. The molecule has 0 radical (unpaired) electrons. The summed E-state index contributed by atoms with van der Waals surface area (Å²) in [5, 5.41) is 5.43. The largest absolute Gasteiger partial charge is 0.321 e. The van der Waals surface area contributed by atoms with Gasteiger partial charge in [-0.2, -0.15) is 0 Å². The molecule has 15 heavy (non-hydrogen) atoms. The standard InChI is InChI=1S/C11H10N2OS/c1-8-12-10(7-15-8)11(14)13-9-5-3-2-4-6-9/h2-7H,1H3,(H,13,14). The number of hydrogen-bond acceptors (Lipinski definition) is 3. The van der Waals surface area contributed by atoms with E-state index in [1.54, 1.807) is 5.38 Å². The molecule has 0 atom stereocenters. The Labute approximate surface area is 91.8 Å². The van der Waals surface area contributed by atoms with Gasteiger partial charge in [0, 0.05) is 11.1 Å². The topological polar surface area (TPSA) is 42.0 Å². The Balaban J connectivity index is 2.11. The highest BCUT2D eigenvalue weighted by Gasteiger charge is 2.08. The summed E-state index contributed by atoms with van der Waals surface area (Å²) < 4.78 is 0. The number of benzene rings is 1. The fraction of sp³-hybridized carbons (Fsp3) is 0.0909. The first kappa shape index (κ1) is 9.86. The number of rotatable bonds is 2. The Bertz CT molecular complexity index is 464. The SMILES string of the molecule is Cc1nc(C(=O)Nc2ccccc2)cs1. The average molecular weight is 218 g/mol. The van der Waals surface area contributed by atoms with Crippen molar-refractivity contribution in [3.8, 4) is 0 Å². The van der Waals surface area contributed by atoms with Crippen LogP contribution < -0.4 is 5.32 Å². The van der Waals surface area contributed by atoms with E-state index in [0.717, 1.165) is 10.7 Å². The number of aromatic nitrogens is 1. The number of nitrogens with one attached hydrogen (secondary N) is 1. The molecular weight excluding hydrogens is 208 g/mol. The molecule has 4 heteroatoms. The molecule has 1 amide bonds. The van der Waals surface area contributed by atoms with Gasteiger partial charge >= 0.3 is 0 Å². The molecule has 1 aromatic carbocycles. The van der Waals surface area contributed by atoms with Crippen molar-refractivity contribution in [3.63, 3.8) is 0 Å². The number of aryl methyl sites for hydroxylation is 1. The number of hydrogen-bond donors (Lipinski definition) is 1. The number of para-hydroxylation sites is 1. The molecule has 1 aromatic heterocycles. The molecule has 76 valence electrons. The van der Waals surface area contributed by atoms with Crippen LogP contribution in [0, 0.1) is 6.92 Å². The van der Waals surface area contributed by atoms with Crippen LogP contribution in [-0.4, -0.2) is 10.9 Å². The minimum atomic E-state index is -0.162. The molecule has 3 nitrogen and oxygen atoms in total. The highest BCUT2D eigenvalue weighted by Crippen LogP contribution is 2.11. The molecule has 0 unspecified atom stereocenters. The number of nitrogens with zero attached hydrogens (tertiary/aromatic N) is 1. The predicted octanol–water partition coefficient (Wildman–Crippen LogP) is 2.70. The van der Waals surface area contributed by atoms with Gasteiger partial charge in [-0.05, 0) is 19.1 Å². The Morgan fingerprint density at radius 1 is 1.33 bits per heavy atom. The quantitative estimate of drug-likeness (QED) is 0.842. The van der Waals surface area contributed by atoms with E-state index >= 15 is 0 Å². The number of anilines is 1. The van der Waals surface area contributed by atoms with Gasteiger partial charge in [0.1, 0.15) is 5.69 Å². The molecule has 0 fully saturated rings. The van der Waals surface area contributed by atoms with E-state index in [2.05, 4.69) is 10.3 Å². The van der Waals surface area contributed by atoms with Gasteiger partial charge in [0.05, 0.1) is 5.01 Å². The maximum atomic E-state index is 11.7. The number of carbonyl (C=O) groups excluding carboxylic acids is 1. The van der Waals surface area contributed by atoms with Gasteiger partial charge in [-0.15, -0.1) is 11.3 Å². The van der Waals surface area contributed by atoms with Crippen LogP contribution in [0.4, 0.5) is 5.69 Å². The van der Waals surface area contributed by atoms with E-state index in [-0.39, 0.29) is 5.91 Å². The van der Waals surface area contributed by atoms with Crippen LogP contribution in [0.5, 0.6) is 0 Å². The first-order valence-corrected chi connectivity index (χ1v) is 5.42. The van der Waals surface area contributed by atoms with Gasteiger partial charge < -0.3 is 5.32 Å². The minimum Gasteiger partial charge on any atom is -0.321 e. The lowest BCUT2D eigenvalue weighted by Crippen LogP contribution is -2.12. The zero-order valence-corrected chi connectivity index (χ0v) is 9.04. The van der Waals surface area contributed by atoms with Crippen LogP contribution in [-0.2, 0) is 0 Å². The van der Waals surface area contributed by atoms with Crippen molar-refractivity contribution in [2.24, 2.45) is 0 Å². The lowest BCUT2D eigenvalue weighted by atomic mass is 10.3. The Kier molecular flexibility index (Phi) is 2.78. The Morgan fingerprint density at radius 3 is 2.67 bits per heavy atom. The van der Waals surface area contributed by atoms with Gasteiger partial charge in [-0.25, -0.2) is 4.98 Å². The maximum Gasteiger partial charge on any atom is 0.275 e. The highest BCUT2D eigenvalue weighted by molar-refractivity contribution is 7.09. The molecule has 0 spiro atoms. The third-order valence-corrected chi connectivity index (χ3v) is 2.66. The van der Waals surface area contributed by atoms with Gasteiger partial charge in [-0.3, -0.25) is 4.79 Å². The number of carbonyl (C=O) groups is 1. The molecule has 0 saturated heterocycles. The minimum absolute atomic E-state index is 0.162. The number of amides is 1. The van der Waals surface area contributed by atoms with E-state index < -0.39 is 0 Å². The second-order valence-electron chi connectivity index (χ2n) is 3.07. The van der Waals surface area contributed by atoms with E-state index in [0.29, 0.717) is 5.69 Å². The molecule has 2 aromatic rings. The van der Waals surface area contributed by atoms with Crippen LogP contribution in [0.15, 0.2) is 35.7 Å². The average Bonchev–Trinajstić information content (AvgIpc) is 2.66. The lowest BCUT2D eigenvalue weighted by Gasteiger charge is -2.01. The molecule has 0 saturated carbocycles. The maximum absolute atomic E-state index is 11.7. The van der Waals surface area contributed by atoms with E-state index in [9.17, 15) is 4.79 Å². The molecule has 2 rings (SSSR count). The van der Waals surface area contributed by atoms with Crippen molar-refractivity contribution >= 4 is 22.9 Å². The Morgan fingerprint density at radius 2 is 2.07 bits per heavy atom. The summed E-state index contributed by atoms with van der Waals surface area (Å²) in [4.78, 5) is 15.8. The fourth-order valence-electron chi connectivity index (χ4n) is 1.18. The first-order chi connectivity index (χ1) is 7.25. The summed E-state index contributed by atoms with van der Waals surface area (Å²) in [5.74, 6) is -0.162. The zero-order chi connectivity index (χ0) is 10.7. The van der Waals surface area contributed by atoms with Gasteiger partial charge in [0.2, 0.25) is 0 Å².